The normalized spacial score (nSPS) is 11.9. The number of amides is 2. The number of nitrogens with one attached hydrogen (secondary N) is 2. The number of carboxylic acids is 1. The minimum Gasteiger partial charge on any atom is -0.480 e. The standard InChI is InChI=1S/C9H18N2O3/c1-3-4-5-6-7(8(12)13)11-9(14)10-2/h7H,3-6H2,1-2H3,(H,12,13)(H2,10,11,14)/t7-/m0/s1. The van der Waals surface area contributed by atoms with Crippen LogP contribution in [0.15, 0.2) is 0 Å². The number of aliphatic carboxylic acids is 1. The summed E-state index contributed by atoms with van der Waals surface area (Å²) in [4.78, 5) is 21.6. The first-order valence-electron chi connectivity index (χ1n) is 4.82. The Kier molecular flexibility index (Phi) is 6.53. The molecule has 5 heteroatoms. The molecule has 0 aliphatic carbocycles. The van der Waals surface area contributed by atoms with Crippen LogP contribution < -0.4 is 10.6 Å². The number of carboxylic acid groups (broad SMARTS) is 1. The molecule has 82 valence electrons. The highest BCUT2D eigenvalue weighted by Gasteiger charge is 2.18. The van der Waals surface area contributed by atoms with Gasteiger partial charge in [0, 0.05) is 7.05 Å². The van der Waals surface area contributed by atoms with Crippen molar-refractivity contribution in [1.29, 1.82) is 0 Å². The lowest BCUT2D eigenvalue weighted by Crippen LogP contribution is -2.44. The van der Waals surface area contributed by atoms with Gasteiger partial charge in [0.25, 0.3) is 0 Å². The summed E-state index contributed by atoms with van der Waals surface area (Å²) in [7, 11) is 1.46. The SMILES string of the molecule is CCCCC[C@H](NC(=O)NC)C(=O)O. The number of carbonyl (C=O) groups excluding carboxylic acids is 1. The van der Waals surface area contributed by atoms with Crippen LogP contribution in [0, 0.1) is 0 Å². The molecular weight excluding hydrogens is 184 g/mol. The lowest BCUT2D eigenvalue weighted by molar-refractivity contribution is -0.139. The lowest BCUT2D eigenvalue weighted by Gasteiger charge is -2.13. The van der Waals surface area contributed by atoms with Crippen LogP contribution in [0.5, 0.6) is 0 Å². The maximum atomic E-state index is 10.9. The van der Waals surface area contributed by atoms with Crippen LogP contribution >= 0.6 is 0 Å². The van der Waals surface area contributed by atoms with Gasteiger partial charge in [0.2, 0.25) is 0 Å². The molecule has 3 N–H and O–H groups in total. The zero-order valence-electron chi connectivity index (χ0n) is 8.67. The van der Waals surface area contributed by atoms with Crippen LogP contribution in [-0.2, 0) is 4.79 Å². The van der Waals surface area contributed by atoms with Gasteiger partial charge in [-0.25, -0.2) is 9.59 Å². The van der Waals surface area contributed by atoms with E-state index in [2.05, 4.69) is 10.6 Å². The van der Waals surface area contributed by atoms with Crippen molar-refractivity contribution in [3.63, 3.8) is 0 Å². The summed E-state index contributed by atoms with van der Waals surface area (Å²) in [6.07, 6.45) is 3.32. The van der Waals surface area contributed by atoms with Gasteiger partial charge >= 0.3 is 12.0 Å². The molecule has 1 atom stereocenters. The van der Waals surface area contributed by atoms with Crippen LogP contribution in [0.3, 0.4) is 0 Å². The quantitative estimate of drug-likeness (QED) is 0.561. The van der Waals surface area contributed by atoms with Crippen molar-refractivity contribution in [2.24, 2.45) is 0 Å². The molecule has 5 nitrogen and oxygen atoms in total. The Bertz CT molecular complexity index is 194. The molecule has 0 heterocycles. The van der Waals surface area contributed by atoms with E-state index >= 15 is 0 Å². The van der Waals surface area contributed by atoms with Crippen molar-refractivity contribution in [2.45, 2.75) is 38.6 Å². The van der Waals surface area contributed by atoms with E-state index < -0.39 is 18.0 Å². The summed E-state index contributed by atoms with van der Waals surface area (Å²) in [6.45, 7) is 2.04. The van der Waals surface area contributed by atoms with E-state index in [9.17, 15) is 9.59 Å². The number of hydrogen-bond donors (Lipinski definition) is 3. The number of hydrogen-bond acceptors (Lipinski definition) is 2. The summed E-state index contributed by atoms with van der Waals surface area (Å²) in [5, 5.41) is 13.5. The Morgan fingerprint density at radius 1 is 1.36 bits per heavy atom. The van der Waals surface area contributed by atoms with Crippen LogP contribution in [0.25, 0.3) is 0 Å². The lowest BCUT2D eigenvalue weighted by atomic mass is 10.1. The molecule has 0 bridgehead atoms. The molecule has 14 heavy (non-hydrogen) atoms. The first-order valence-corrected chi connectivity index (χ1v) is 4.82. The molecule has 0 rings (SSSR count). The number of carbonyl (C=O) groups is 2. The number of rotatable bonds is 6. The van der Waals surface area contributed by atoms with E-state index in [1.165, 1.54) is 7.05 Å². The monoisotopic (exact) mass is 202 g/mol. The van der Waals surface area contributed by atoms with Gasteiger partial charge in [0.05, 0.1) is 0 Å². The first kappa shape index (κ1) is 12.7. The second-order valence-electron chi connectivity index (χ2n) is 3.11. The second-order valence-corrected chi connectivity index (χ2v) is 3.11. The van der Waals surface area contributed by atoms with Crippen LogP contribution in [0.4, 0.5) is 4.79 Å². The third-order valence-electron chi connectivity index (χ3n) is 1.93. The second kappa shape index (κ2) is 7.17. The van der Waals surface area contributed by atoms with Crippen LogP contribution in [0.2, 0.25) is 0 Å². The van der Waals surface area contributed by atoms with Gasteiger partial charge in [0.15, 0.2) is 0 Å². The predicted octanol–water partition coefficient (Wildman–Crippen LogP) is 0.949. The summed E-state index contributed by atoms with van der Waals surface area (Å²) in [5.74, 6) is -0.982. The molecule has 0 radical (unpaired) electrons. The molecule has 0 aliphatic heterocycles. The summed E-state index contributed by atoms with van der Waals surface area (Å²) >= 11 is 0. The van der Waals surface area contributed by atoms with Gasteiger partial charge in [-0.1, -0.05) is 26.2 Å². The minimum atomic E-state index is -0.982. The maximum absolute atomic E-state index is 10.9. The van der Waals surface area contributed by atoms with Crippen molar-refractivity contribution >= 4 is 12.0 Å². The maximum Gasteiger partial charge on any atom is 0.326 e. The summed E-state index contributed by atoms with van der Waals surface area (Å²) < 4.78 is 0. The van der Waals surface area contributed by atoms with Gasteiger partial charge in [-0.3, -0.25) is 0 Å². The van der Waals surface area contributed by atoms with E-state index in [1.54, 1.807) is 0 Å². The first-order chi connectivity index (χ1) is 6.61. The third-order valence-corrected chi connectivity index (χ3v) is 1.93. The van der Waals surface area contributed by atoms with Crippen molar-refractivity contribution < 1.29 is 14.7 Å². The molecule has 0 fully saturated rings. The average Bonchev–Trinajstić information content (AvgIpc) is 2.16. The van der Waals surface area contributed by atoms with Crippen molar-refractivity contribution in [1.82, 2.24) is 10.6 Å². The smallest absolute Gasteiger partial charge is 0.326 e. The van der Waals surface area contributed by atoms with Gasteiger partial charge in [-0.15, -0.1) is 0 Å². The van der Waals surface area contributed by atoms with E-state index in [0.29, 0.717) is 6.42 Å². The van der Waals surface area contributed by atoms with Gasteiger partial charge in [0.1, 0.15) is 6.04 Å². The van der Waals surface area contributed by atoms with E-state index in [0.717, 1.165) is 19.3 Å². The Morgan fingerprint density at radius 3 is 2.43 bits per heavy atom. The van der Waals surface area contributed by atoms with E-state index in [-0.39, 0.29) is 0 Å². The number of urea groups is 1. The van der Waals surface area contributed by atoms with Crippen molar-refractivity contribution in [3.8, 4) is 0 Å². The molecule has 0 spiro atoms. The molecule has 0 aromatic carbocycles. The molecule has 0 saturated carbocycles. The molecule has 0 aromatic heterocycles. The Hall–Kier alpha value is -1.26. The summed E-state index contributed by atoms with van der Waals surface area (Å²) in [6, 6.07) is -1.23. The molecular formula is C9H18N2O3. The van der Waals surface area contributed by atoms with Crippen molar-refractivity contribution in [2.75, 3.05) is 7.05 Å². The zero-order chi connectivity index (χ0) is 11.0. The Labute approximate surface area is 83.9 Å². The molecule has 2 amide bonds. The topological polar surface area (TPSA) is 78.4 Å². The van der Waals surface area contributed by atoms with Crippen molar-refractivity contribution in [3.05, 3.63) is 0 Å². The largest absolute Gasteiger partial charge is 0.480 e. The highest BCUT2D eigenvalue weighted by atomic mass is 16.4. The fraction of sp³-hybridized carbons (Fsp3) is 0.778. The highest BCUT2D eigenvalue weighted by molar-refractivity contribution is 5.82. The van der Waals surface area contributed by atoms with Crippen LogP contribution in [0.1, 0.15) is 32.6 Å². The van der Waals surface area contributed by atoms with E-state index in [4.69, 9.17) is 5.11 Å². The van der Waals surface area contributed by atoms with Crippen LogP contribution in [-0.4, -0.2) is 30.2 Å². The highest BCUT2D eigenvalue weighted by Crippen LogP contribution is 2.03. The van der Waals surface area contributed by atoms with Gasteiger partial charge in [-0.05, 0) is 6.42 Å². The molecule has 0 aliphatic rings. The molecule has 0 saturated heterocycles. The minimum absolute atomic E-state index is 0.450. The Balaban J connectivity index is 3.90. The van der Waals surface area contributed by atoms with E-state index in [1.807, 2.05) is 6.92 Å². The molecule has 0 unspecified atom stereocenters. The number of unbranched alkanes of at least 4 members (excludes halogenated alkanes) is 2. The van der Waals surface area contributed by atoms with Gasteiger partial charge in [-0.2, -0.15) is 0 Å². The fourth-order valence-electron chi connectivity index (χ4n) is 1.09. The predicted molar refractivity (Wildman–Crippen MR) is 53.2 cm³/mol. The van der Waals surface area contributed by atoms with Gasteiger partial charge < -0.3 is 15.7 Å². The molecule has 0 aromatic rings. The fourth-order valence-corrected chi connectivity index (χ4v) is 1.09. The third kappa shape index (κ3) is 5.40. The summed E-state index contributed by atoms with van der Waals surface area (Å²) in [5.41, 5.74) is 0. The Morgan fingerprint density at radius 2 is 2.00 bits per heavy atom. The zero-order valence-corrected chi connectivity index (χ0v) is 8.67. The average molecular weight is 202 g/mol.